The van der Waals surface area contributed by atoms with Crippen molar-refractivity contribution < 1.29 is 37.8 Å². The third kappa shape index (κ3) is 7.31. The van der Waals surface area contributed by atoms with E-state index in [0.717, 1.165) is 27.7 Å². The highest BCUT2D eigenvalue weighted by Crippen LogP contribution is 2.03. The van der Waals surface area contributed by atoms with Crippen LogP contribution in [-0.4, -0.2) is 37.9 Å². The maximum absolute atomic E-state index is 10.8. The number of rotatable bonds is 5. The van der Waals surface area contributed by atoms with E-state index < -0.39 is 37.9 Å². The molecule has 0 amide bonds. The van der Waals surface area contributed by atoms with Crippen LogP contribution in [0.1, 0.15) is 27.7 Å². The molecule has 0 N–H and O–H groups in total. The van der Waals surface area contributed by atoms with Gasteiger partial charge in [0.15, 0.2) is 0 Å². The van der Waals surface area contributed by atoms with Gasteiger partial charge in [0.2, 0.25) is 0 Å². The second-order valence-corrected chi connectivity index (χ2v) is 3.17. The summed E-state index contributed by atoms with van der Waals surface area (Å²) in [4.78, 5) is 43.3. The van der Waals surface area contributed by atoms with Crippen molar-refractivity contribution in [2.45, 2.75) is 27.7 Å². The first-order valence-corrected chi connectivity index (χ1v) is 4.91. The Morgan fingerprint density at radius 1 is 0.556 bits per heavy atom. The van der Waals surface area contributed by atoms with Crippen molar-refractivity contribution in [3.8, 4) is 0 Å². The molecular formula is C8H12B2O8. The van der Waals surface area contributed by atoms with Gasteiger partial charge in [0.25, 0.3) is 23.9 Å². The second kappa shape index (κ2) is 7.36. The standard InChI is InChI=1S/C8H12B2O8/c1-5(11)15-9(16-6(2)12)10(17-7(3)13)18-8(4)14/h1-4H3. The van der Waals surface area contributed by atoms with Gasteiger partial charge in [-0.05, 0) is 0 Å². The van der Waals surface area contributed by atoms with E-state index in [1.54, 1.807) is 0 Å². The average Bonchev–Trinajstić information content (AvgIpc) is 2.12. The van der Waals surface area contributed by atoms with Crippen LogP contribution in [0.2, 0.25) is 0 Å². The molecule has 0 spiro atoms. The molecule has 10 heteroatoms. The van der Waals surface area contributed by atoms with Crippen LogP contribution in [-0.2, 0) is 37.8 Å². The van der Waals surface area contributed by atoms with Crippen molar-refractivity contribution in [2.24, 2.45) is 0 Å². The van der Waals surface area contributed by atoms with Crippen LogP contribution in [0, 0.1) is 0 Å². The fourth-order valence-electron chi connectivity index (χ4n) is 0.925. The lowest BCUT2D eigenvalue weighted by atomic mass is 9.48. The molecule has 0 aliphatic heterocycles. The van der Waals surface area contributed by atoms with Crippen LogP contribution in [0.3, 0.4) is 0 Å². The van der Waals surface area contributed by atoms with Gasteiger partial charge in [-0.3, -0.25) is 19.2 Å². The van der Waals surface area contributed by atoms with E-state index >= 15 is 0 Å². The maximum Gasteiger partial charge on any atom is 0.662 e. The lowest BCUT2D eigenvalue weighted by molar-refractivity contribution is -0.141. The van der Waals surface area contributed by atoms with E-state index in [0.29, 0.717) is 0 Å². The van der Waals surface area contributed by atoms with Gasteiger partial charge in [-0.2, -0.15) is 0 Å². The highest BCUT2D eigenvalue weighted by atomic mass is 16.7. The number of hydrogen-bond acceptors (Lipinski definition) is 8. The van der Waals surface area contributed by atoms with E-state index in [4.69, 9.17) is 0 Å². The van der Waals surface area contributed by atoms with Crippen LogP contribution in [0.5, 0.6) is 0 Å². The largest absolute Gasteiger partial charge is 0.662 e. The first kappa shape index (κ1) is 16.0. The minimum absolute atomic E-state index is 0.800. The molecular weight excluding hydrogens is 246 g/mol. The number of carbonyl (C=O) groups excluding carboxylic acids is 4. The summed E-state index contributed by atoms with van der Waals surface area (Å²) in [5.41, 5.74) is 0. The molecule has 0 aliphatic carbocycles. The molecule has 0 atom stereocenters. The Morgan fingerprint density at radius 3 is 0.833 bits per heavy atom. The Labute approximate surface area is 104 Å². The van der Waals surface area contributed by atoms with Crippen molar-refractivity contribution in [1.29, 1.82) is 0 Å². The molecule has 0 aromatic heterocycles. The van der Waals surface area contributed by atoms with E-state index in [2.05, 4.69) is 18.6 Å². The molecule has 0 unspecified atom stereocenters. The molecule has 0 bridgehead atoms. The van der Waals surface area contributed by atoms with E-state index in [-0.39, 0.29) is 0 Å². The molecule has 0 heterocycles. The molecule has 0 rings (SSSR count). The van der Waals surface area contributed by atoms with Crippen molar-refractivity contribution in [2.75, 3.05) is 0 Å². The summed E-state index contributed by atoms with van der Waals surface area (Å²) in [6, 6.07) is 0. The summed E-state index contributed by atoms with van der Waals surface area (Å²) < 4.78 is 18.4. The van der Waals surface area contributed by atoms with Gasteiger partial charge in [0.05, 0.1) is 0 Å². The lowest BCUT2D eigenvalue weighted by Crippen LogP contribution is -2.49. The molecule has 18 heavy (non-hydrogen) atoms. The van der Waals surface area contributed by atoms with Gasteiger partial charge in [0.1, 0.15) is 0 Å². The van der Waals surface area contributed by atoms with Gasteiger partial charge in [-0.1, -0.05) is 0 Å². The van der Waals surface area contributed by atoms with E-state index in [1.165, 1.54) is 0 Å². The van der Waals surface area contributed by atoms with Crippen LogP contribution in [0.4, 0.5) is 0 Å². The van der Waals surface area contributed by atoms with Crippen molar-refractivity contribution in [3.63, 3.8) is 0 Å². The van der Waals surface area contributed by atoms with E-state index in [9.17, 15) is 19.2 Å². The zero-order chi connectivity index (χ0) is 14.3. The Balaban J connectivity index is 4.90. The third-order valence-corrected chi connectivity index (χ3v) is 1.35. The molecule has 98 valence electrons. The van der Waals surface area contributed by atoms with Gasteiger partial charge in [-0.25, -0.2) is 0 Å². The van der Waals surface area contributed by atoms with E-state index in [1.807, 2.05) is 0 Å². The second-order valence-electron chi connectivity index (χ2n) is 3.17. The van der Waals surface area contributed by atoms with Crippen molar-refractivity contribution >= 4 is 37.9 Å². The highest BCUT2D eigenvalue weighted by molar-refractivity contribution is 7.12. The molecule has 0 saturated heterocycles. The molecule has 0 radical (unpaired) electrons. The zero-order valence-electron chi connectivity index (χ0n) is 10.4. The SMILES string of the molecule is CC(=O)OB(OC(C)=O)B(OC(C)=O)OC(C)=O. The summed E-state index contributed by atoms with van der Waals surface area (Å²) in [6.45, 7) is 4.20. The fourth-order valence-corrected chi connectivity index (χ4v) is 0.925. The van der Waals surface area contributed by atoms with Crippen molar-refractivity contribution in [3.05, 3.63) is 0 Å². The van der Waals surface area contributed by atoms with Gasteiger partial charge in [-0.15, -0.1) is 0 Å². The van der Waals surface area contributed by atoms with Gasteiger partial charge >= 0.3 is 14.0 Å². The molecule has 8 nitrogen and oxygen atoms in total. The van der Waals surface area contributed by atoms with Crippen LogP contribution in [0.15, 0.2) is 0 Å². The Kier molecular flexibility index (Phi) is 6.54. The summed E-state index contributed by atoms with van der Waals surface area (Å²) in [5, 5.41) is 0. The zero-order valence-corrected chi connectivity index (χ0v) is 10.4. The van der Waals surface area contributed by atoms with Crippen molar-refractivity contribution in [1.82, 2.24) is 0 Å². The number of hydrogen-bond donors (Lipinski definition) is 0. The maximum atomic E-state index is 10.8. The minimum atomic E-state index is -1.65. The monoisotopic (exact) mass is 258 g/mol. The Morgan fingerprint density at radius 2 is 0.722 bits per heavy atom. The van der Waals surface area contributed by atoms with Gasteiger partial charge in [0, 0.05) is 27.7 Å². The first-order valence-electron chi connectivity index (χ1n) is 4.91. The van der Waals surface area contributed by atoms with Crippen LogP contribution >= 0.6 is 0 Å². The number of carbonyl (C=O) groups is 4. The average molecular weight is 258 g/mol. The minimum Gasteiger partial charge on any atom is -0.500 e. The quantitative estimate of drug-likeness (QED) is 0.595. The first-order chi connectivity index (χ1) is 8.22. The summed E-state index contributed by atoms with van der Waals surface area (Å²) in [6.07, 6.45) is 0. The Bertz CT molecular complexity index is 289. The topological polar surface area (TPSA) is 105 Å². The fraction of sp³-hybridized carbons (Fsp3) is 0.500. The molecule has 0 aromatic rings. The van der Waals surface area contributed by atoms with Gasteiger partial charge < -0.3 is 18.6 Å². The van der Waals surface area contributed by atoms with Crippen LogP contribution in [0.25, 0.3) is 0 Å². The lowest BCUT2D eigenvalue weighted by Gasteiger charge is -2.17. The predicted octanol–water partition coefficient (Wildman–Crippen LogP) is -0.706. The molecule has 0 aliphatic rings. The molecule has 0 aromatic carbocycles. The normalized spacial score (nSPS) is 8.89. The highest BCUT2D eigenvalue weighted by Gasteiger charge is 2.51. The summed E-state index contributed by atoms with van der Waals surface area (Å²) in [5.74, 6) is -3.20. The summed E-state index contributed by atoms with van der Waals surface area (Å²) in [7, 11) is -3.29. The smallest absolute Gasteiger partial charge is 0.500 e. The predicted molar refractivity (Wildman–Crippen MR) is 58.6 cm³/mol. The molecule has 0 fully saturated rings. The summed E-state index contributed by atoms with van der Waals surface area (Å²) >= 11 is 0. The molecule has 0 saturated carbocycles. The Hall–Kier alpha value is -1.99. The third-order valence-electron chi connectivity index (χ3n) is 1.35. The van der Waals surface area contributed by atoms with Crippen LogP contribution < -0.4 is 0 Å².